The Morgan fingerprint density at radius 3 is 2.53 bits per heavy atom. The molecule has 0 aromatic heterocycles. The molecule has 0 bridgehead atoms. The molecule has 0 saturated carbocycles. The van der Waals surface area contributed by atoms with Crippen molar-refractivity contribution in [1.82, 2.24) is 0 Å². The fourth-order valence-corrected chi connectivity index (χ4v) is 1.46. The van der Waals surface area contributed by atoms with Crippen LogP contribution >= 0.6 is 23.2 Å². The number of aliphatic carboxylic acids is 1. The molecular formula is C9H8Cl2O4. The van der Waals surface area contributed by atoms with Gasteiger partial charge in [-0.2, -0.15) is 0 Å². The standard InChI is InChI=1S/C9H8Cl2O4/c1-15-4-2-5(8(12)9(13)14)7(11)6(10)3-4/h2-3,8,12H,1H3,(H,13,14). The number of ether oxygens (including phenoxy) is 1. The molecule has 6 heteroatoms. The SMILES string of the molecule is COc1cc(Cl)c(Cl)c(C(O)C(=O)O)c1. The van der Waals surface area contributed by atoms with Gasteiger partial charge in [-0.3, -0.25) is 0 Å². The van der Waals surface area contributed by atoms with E-state index < -0.39 is 12.1 Å². The molecule has 1 atom stereocenters. The maximum absolute atomic E-state index is 10.6. The van der Waals surface area contributed by atoms with Gasteiger partial charge in [-0.1, -0.05) is 23.2 Å². The predicted octanol–water partition coefficient (Wildman–Crippen LogP) is 2.12. The monoisotopic (exact) mass is 250 g/mol. The summed E-state index contributed by atoms with van der Waals surface area (Å²) in [5, 5.41) is 18.1. The van der Waals surface area contributed by atoms with E-state index in [1.165, 1.54) is 19.2 Å². The minimum atomic E-state index is -1.72. The number of halogens is 2. The van der Waals surface area contributed by atoms with Crippen LogP contribution in [0.2, 0.25) is 10.0 Å². The first-order valence-electron chi connectivity index (χ1n) is 3.91. The van der Waals surface area contributed by atoms with E-state index in [-0.39, 0.29) is 15.6 Å². The van der Waals surface area contributed by atoms with Crippen molar-refractivity contribution < 1.29 is 19.7 Å². The molecule has 82 valence electrons. The molecule has 0 aliphatic heterocycles. The van der Waals surface area contributed by atoms with Crippen molar-refractivity contribution in [3.05, 3.63) is 27.7 Å². The number of benzene rings is 1. The smallest absolute Gasteiger partial charge is 0.337 e. The lowest BCUT2D eigenvalue weighted by molar-refractivity contribution is -0.146. The number of rotatable bonds is 3. The minimum Gasteiger partial charge on any atom is -0.497 e. The van der Waals surface area contributed by atoms with Crippen LogP contribution in [0, 0.1) is 0 Å². The Kier molecular flexibility index (Phi) is 3.79. The average molecular weight is 251 g/mol. The number of aliphatic hydroxyl groups excluding tert-OH is 1. The molecular weight excluding hydrogens is 243 g/mol. The fourth-order valence-electron chi connectivity index (χ4n) is 1.03. The summed E-state index contributed by atoms with van der Waals surface area (Å²) >= 11 is 11.5. The minimum absolute atomic E-state index is 0.00682. The first-order chi connectivity index (χ1) is 6.97. The van der Waals surface area contributed by atoms with Crippen molar-refractivity contribution in [1.29, 1.82) is 0 Å². The van der Waals surface area contributed by atoms with E-state index in [1.54, 1.807) is 0 Å². The third-order valence-electron chi connectivity index (χ3n) is 1.79. The summed E-state index contributed by atoms with van der Waals surface area (Å²) < 4.78 is 4.87. The second kappa shape index (κ2) is 4.70. The molecule has 1 aromatic rings. The highest BCUT2D eigenvalue weighted by Gasteiger charge is 2.21. The zero-order chi connectivity index (χ0) is 11.6. The van der Waals surface area contributed by atoms with Crippen LogP contribution in [0.4, 0.5) is 0 Å². The number of carboxylic acid groups (broad SMARTS) is 1. The summed E-state index contributed by atoms with van der Waals surface area (Å²) in [6, 6.07) is 2.76. The highest BCUT2D eigenvalue weighted by Crippen LogP contribution is 2.34. The molecule has 4 nitrogen and oxygen atoms in total. The topological polar surface area (TPSA) is 66.8 Å². The molecule has 2 N–H and O–H groups in total. The lowest BCUT2D eigenvalue weighted by Crippen LogP contribution is -2.11. The van der Waals surface area contributed by atoms with Gasteiger partial charge in [-0.25, -0.2) is 4.79 Å². The molecule has 1 aromatic carbocycles. The Hall–Kier alpha value is -0.970. The number of carbonyl (C=O) groups is 1. The van der Waals surface area contributed by atoms with Crippen LogP contribution in [0.3, 0.4) is 0 Å². The van der Waals surface area contributed by atoms with E-state index in [0.29, 0.717) is 5.75 Å². The molecule has 1 rings (SSSR count). The number of hydrogen-bond donors (Lipinski definition) is 2. The zero-order valence-corrected chi connectivity index (χ0v) is 9.21. The third-order valence-corrected chi connectivity index (χ3v) is 2.61. The van der Waals surface area contributed by atoms with Crippen LogP contribution in [0.15, 0.2) is 12.1 Å². The second-order valence-electron chi connectivity index (χ2n) is 2.75. The maximum Gasteiger partial charge on any atom is 0.337 e. The Labute approximate surface area is 96.0 Å². The molecule has 0 aliphatic carbocycles. The van der Waals surface area contributed by atoms with E-state index in [1.807, 2.05) is 0 Å². The highest BCUT2D eigenvalue weighted by atomic mass is 35.5. The van der Waals surface area contributed by atoms with Crippen LogP contribution < -0.4 is 4.74 Å². The van der Waals surface area contributed by atoms with Gasteiger partial charge in [0, 0.05) is 11.6 Å². The molecule has 0 radical (unpaired) electrons. The lowest BCUT2D eigenvalue weighted by Gasteiger charge is -2.11. The van der Waals surface area contributed by atoms with Crippen molar-refractivity contribution in [3.8, 4) is 5.75 Å². The summed E-state index contributed by atoms with van der Waals surface area (Å²) in [5.74, 6) is -1.07. The van der Waals surface area contributed by atoms with E-state index in [0.717, 1.165) is 0 Å². The van der Waals surface area contributed by atoms with Crippen molar-refractivity contribution in [2.24, 2.45) is 0 Å². The molecule has 0 heterocycles. The zero-order valence-electron chi connectivity index (χ0n) is 7.70. The van der Waals surface area contributed by atoms with Gasteiger partial charge in [0.15, 0.2) is 6.10 Å². The van der Waals surface area contributed by atoms with Crippen molar-refractivity contribution in [2.45, 2.75) is 6.10 Å². The van der Waals surface area contributed by atoms with Crippen molar-refractivity contribution >= 4 is 29.2 Å². The van der Waals surface area contributed by atoms with Crippen LogP contribution in [-0.4, -0.2) is 23.3 Å². The van der Waals surface area contributed by atoms with Crippen molar-refractivity contribution in [2.75, 3.05) is 7.11 Å². The molecule has 0 spiro atoms. The van der Waals surface area contributed by atoms with Gasteiger partial charge >= 0.3 is 5.97 Å². The Bertz CT molecular complexity index is 392. The quantitative estimate of drug-likeness (QED) is 0.863. The summed E-state index contributed by atoms with van der Waals surface area (Å²) in [4.78, 5) is 10.6. The molecule has 15 heavy (non-hydrogen) atoms. The molecule has 0 aliphatic rings. The molecule has 0 amide bonds. The number of aliphatic hydroxyl groups is 1. The van der Waals surface area contributed by atoms with Gasteiger partial charge in [-0.05, 0) is 6.07 Å². The average Bonchev–Trinajstić information content (AvgIpc) is 2.20. The summed E-state index contributed by atoms with van der Waals surface area (Å²) in [6.45, 7) is 0. The largest absolute Gasteiger partial charge is 0.497 e. The normalized spacial score (nSPS) is 12.3. The van der Waals surface area contributed by atoms with Crippen LogP contribution in [0.5, 0.6) is 5.75 Å². The van der Waals surface area contributed by atoms with Gasteiger partial charge in [0.2, 0.25) is 0 Å². The number of carboxylic acids is 1. The van der Waals surface area contributed by atoms with E-state index >= 15 is 0 Å². The van der Waals surface area contributed by atoms with Gasteiger partial charge in [0.05, 0.1) is 17.2 Å². The number of hydrogen-bond acceptors (Lipinski definition) is 3. The first kappa shape index (κ1) is 12.1. The Morgan fingerprint density at radius 2 is 2.07 bits per heavy atom. The van der Waals surface area contributed by atoms with Gasteiger partial charge in [-0.15, -0.1) is 0 Å². The highest BCUT2D eigenvalue weighted by molar-refractivity contribution is 6.42. The molecule has 0 fully saturated rings. The number of methoxy groups -OCH3 is 1. The van der Waals surface area contributed by atoms with Crippen molar-refractivity contribution in [3.63, 3.8) is 0 Å². The molecule has 1 unspecified atom stereocenters. The summed E-state index contributed by atoms with van der Waals surface area (Å²) in [5.41, 5.74) is 0.00789. The fraction of sp³-hybridized carbons (Fsp3) is 0.222. The van der Waals surface area contributed by atoms with E-state index in [9.17, 15) is 9.90 Å². The maximum atomic E-state index is 10.6. The van der Waals surface area contributed by atoms with Gasteiger partial charge < -0.3 is 14.9 Å². The predicted molar refractivity (Wildman–Crippen MR) is 55.6 cm³/mol. The van der Waals surface area contributed by atoms with E-state index in [2.05, 4.69) is 0 Å². The van der Waals surface area contributed by atoms with Crippen LogP contribution in [0.25, 0.3) is 0 Å². The Balaban J connectivity index is 3.27. The first-order valence-corrected chi connectivity index (χ1v) is 4.66. The van der Waals surface area contributed by atoms with Crippen LogP contribution in [-0.2, 0) is 4.79 Å². The third kappa shape index (κ3) is 2.53. The second-order valence-corrected chi connectivity index (χ2v) is 3.54. The summed E-state index contributed by atoms with van der Waals surface area (Å²) in [6.07, 6.45) is -1.72. The van der Waals surface area contributed by atoms with Crippen LogP contribution in [0.1, 0.15) is 11.7 Å². The molecule has 0 saturated heterocycles. The Morgan fingerprint density at radius 1 is 1.47 bits per heavy atom. The van der Waals surface area contributed by atoms with Gasteiger partial charge in [0.25, 0.3) is 0 Å². The van der Waals surface area contributed by atoms with Gasteiger partial charge in [0.1, 0.15) is 5.75 Å². The summed E-state index contributed by atoms with van der Waals surface area (Å²) in [7, 11) is 1.40. The lowest BCUT2D eigenvalue weighted by atomic mass is 10.1. The van der Waals surface area contributed by atoms with E-state index in [4.69, 9.17) is 33.0 Å².